The zero-order valence-corrected chi connectivity index (χ0v) is 11.4. The van der Waals surface area contributed by atoms with Crippen LogP contribution in [-0.2, 0) is 19.1 Å². The fourth-order valence-electron chi connectivity index (χ4n) is 1.25. The molecule has 0 heterocycles. The predicted octanol–water partition coefficient (Wildman–Crippen LogP) is 0.698. The highest BCUT2D eigenvalue weighted by atomic mass is 16.6. The average Bonchev–Trinajstić information content (AvgIpc) is 2.50. The van der Waals surface area contributed by atoms with Crippen molar-refractivity contribution in [3.63, 3.8) is 0 Å². The van der Waals surface area contributed by atoms with E-state index in [1.54, 1.807) is 0 Å². The van der Waals surface area contributed by atoms with Crippen molar-refractivity contribution in [1.29, 1.82) is 0 Å². The van der Waals surface area contributed by atoms with E-state index >= 15 is 0 Å². The quantitative estimate of drug-likeness (QED) is 0.410. The molecule has 0 saturated heterocycles. The van der Waals surface area contributed by atoms with Gasteiger partial charge in [0.2, 0.25) is 0 Å². The minimum absolute atomic E-state index is 0.0949. The Hall–Kier alpha value is -2.84. The standard InChI is InChI=1S/C12H13NO8/c1-18-11(14)6-20-8-3-4-10(9(5-8)13(16)17)21-7-12(15)19-2/h3-5H,6-7H2,1-2H3. The van der Waals surface area contributed by atoms with E-state index in [-0.39, 0.29) is 18.1 Å². The number of carbonyl (C=O) groups is 2. The van der Waals surface area contributed by atoms with Crippen molar-refractivity contribution in [3.8, 4) is 11.5 Å². The summed E-state index contributed by atoms with van der Waals surface area (Å²) in [5.74, 6) is -1.31. The van der Waals surface area contributed by atoms with Crippen molar-refractivity contribution < 1.29 is 33.5 Å². The predicted molar refractivity (Wildman–Crippen MR) is 68.1 cm³/mol. The van der Waals surface area contributed by atoms with Crippen LogP contribution in [0, 0.1) is 10.1 Å². The van der Waals surface area contributed by atoms with Crippen LogP contribution in [0.5, 0.6) is 11.5 Å². The number of carbonyl (C=O) groups excluding carboxylic acids is 2. The molecule has 0 N–H and O–H groups in total. The third kappa shape index (κ3) is 4.97. The highest BCUT2D eigenvalue weighted by Gasteiger charge is 2.18. The zero-order chi connectivity index (χ0) is 15.8. The molecular weight excluding hydrogens is 286 g/mol. The van der Waals surface area contributed by atoms with Crippen LogP contribution >= 0.6 is 0 Å². The molecule has 9 nitrogen and oxygen atoms in total. The SMILES string of the molecule is COC(=O)COc1ccc(OCC(=O)OC)c([N+](=O)[O-])c1. The van der Waals surface area contributed by atoms with E-state index in [0.29, 0.717) is 0 Å². The highest BCUT2D eigenvalue weighted by molar-refractivity contribution is 5.71. The summed E-state index contributed by atoms with van der Waals surface area (Å²) < 4.78 is 18.8. The van der Waals surface area contributed by atoms with Crippen LogP contribution in [0.3, 0.4) is 0 Å². The van der Waals surface area contributed by atoms with E-state index in [1.807, 2.05) is 0 Å². The van der Waals surface area contributed by atoms with Crippen molar-refractivity contribution in [2.45, 2.75) is 0 Å². The number of nitro groups is 1. The Balaban J connectivity index is 2.83. The maximum absolute atomic E-state index is 11.0. The van der Waals surface area contributed by atoms with Gasteiger partial charge < -0.3 is 18.9 Å². The molecule has 114 valence electrons. The molecule has 0 amide bonds. The molecule has 1 aromatic carbocycles. The lowest BCUT2D eigenvalue weighted by atomic mass is 10.3. The van der Waals surface area contributed by atoms with Gasteiger partial charge in [-0.15, -0.1) is 0 Å². The van der Waals surface area contributed by atoms with Crippen LogP contribution in [0.4, 0.5) is 5.69 Å². The first-order valence-electron chi connectivity index (χ1n) is 5.65. The molecule has 1 aromatic rings. The number of nitrogens with zero attached hydrogens (tertiary/aromatic N) is 1. The van der Waals surface area contributed by atoms with Crippen molar-refractivity contribution in [2.75, 3.05) is 27.4 Å². The lowest BCUT2D eigenvalue weighted by molar-refractivity contribution is -0.385. The number of methoxy groups -OCH3 is 2. The number of ether oxygens (including phenoxy) is 4. The van der Waals surface area contributed by atoms with Gasteiger partial charge >= 0.3 is 17.6 Å². The van der Waals surface area contributed by atoms with Crippen molar-refractivity contribution in [3.05, 3.63) is 28.3 Å². The van der Waals surface area contributed by atoms with Crippen LogP contribution < -0.4 is 9.47 Å². The lowest BCUT2D eigenvalue weighted by Crippen LogP contribution is -2.14. The van der Waals surface area contributed by atoms with Gasteiger partial charge in [-0.3, -0.25) is 10.1 Å². The van der Waals surface area contributed by atoms with E-state index in [2.05, 4.69) is 9.47 Å². The summed E-state index contributed by atoms with van der Waals surface area (Å²) in [5, 5.41) is 10.9. The molecule has 0 bridgehead atoms. The van der Waals surface area contributed by atoms with Crippen molar-refractivity contribution >= 4 is 17.6 Å². The van der Waals surface area contributed by atoms with Gasteiger partial charge in [-0.05, 0) is 12.1 Å². The van der Waals surface area contributed by atoms with Crippen LogP contribution in [-0.4, -0.2) is 44.3 Å². The van der Waals surface area contributed by atoms with Crippen LogP contribution in [0.1, 0.15) is 0 Å². The summed E-state index contributed by atoms with van der Waals surface area (Å²) >= 11 is 0. The number of rotatable bonds is 7. The third-order valence-corrected chi connectivity index (χ3v) is 2.28. The average molecular weight is 299 g/mol. The van der Waals surface area contributed by atoms with Gasteiger partial charge in [0.1, 0.15) is 5.75 Å². The summed E-state index contributed by atoms with van der Waals surface area (Å²) in [4.78, 5) is 32.1. The van der Waals surface area contributed by atoms with Crippen molar-refractivity contribution in [1.82, 2.24) is 0 Å². The third-order valence-electron chi connectivity index (χ3n) is 2.28. The Kier molecular flexibility index (Phi) is 5.93. The molecule has 21 heavy (non-hydrogen) atoms. The van der Waals surface area contributed by atoms with E-state index < -0.39 is 29.2 Å². The molecule has 0 spiro atoms. The molecule has 0 unspecified atom stereocenters. The van der Waals surface area contributed by atoms with Crippen LogP contribution in [0.25, 0.3) is 0 Å². The minimum atomic E-state index is -0.697. The number of hydrogen-bond acceptors (Lipinski definition) is 8. The summed E-state index contributed by atoms with van der Waals surface area (Å²) in [6.07, 6.45) is 0. The van der Waals surface area contributed by atoms with E-state index in [1.165, 1.54) is 26.4 Å². The van der Waals surface area contributed by atoms with E-state index in [4.69, 9.17) is 9.47 Å². The maximum atomic E-state index is 11.0. The molecule has 0 aliphatic heterocycles. The molecule has 1 rings (SSSR count). The van der Waals surface area contributed by atoms with Gasteiger partial charge in [0.25, 0.3) is 0 Å². The normalized spacial score (nSPS) is 9.62. The fourth-order valence-corrected chi connectivity index (χ4v) is 1.25. The second-order valence-corrected chi connectivity index (χ2v) is 3.62. The first-order chi connectivity index (χ1) is 9.97. The van der Waals surface area contributed by atoms with Crippen LogP contribution in [0.2, 0.25) is 0 Å². The fraction of sp³-hybridized carbons (Fsp3) is 0.333. The Labute approximate surface area is 119 Å². The summed E-state index contributed by atoms with van der Waals surface area (Å²) in [7, 11) is 2.36. The van der Waals surface area contributed by atoms with Gasteiger partial charge in [-0.1, -0.05) is 0 Å². The van der Waals surface area contributed by atoms with E-state index in [0.717, 1.165) is 6.07 Å². The zero-order valence-electron chi connectivity index (χ0n) is 11.4. The van der Waals surface area contributed by atoms with E-state index in [9.17, 15) is 19.7 Å². The van der Waals surface area contributed by atoms with Gasteiger partial charge in [0.05, 0.1) is 25.2 Å². The minimum Gasteiger partial charge on any atom is -0.482 e. The van der Waals surface area contributed by atoms with Gasteiger partial charge in [-0.25, -0.2) is 9.59 Å². The monoisotopic (exact) mass is 299 g/mol. The molecule has 9 heteroatoms. The topological polar surface area (TPSA) is 114 Å². The molecule has 0 aromatic heterocycles. The van der Waals surface area contributed by atoms with Gasteiger partial charge in [-0.2, -0.15) is 0 Å². The number of nitro benzene ring substituents is 1. The van der Waals surface area contributed by atoms with Crippen LogP contribution in [0.15, 0.2) is 18.2 Å². The number of hydrogen-bond donors (Lipinski definition) is 0. The number of benzene rings is 1. The second kappa shape index (κ2) is 7.68. The molecule has 0 saturated carbocycles. The molecule has 0 atom stereocenters. The Morgan fingerprint density at radius 3 is 2.19 bits per heavy atom. The maximum Gasteiger partial charge on any atom is 0.343 e. The molecule has 0 aliphatic carbocycles. The summed E-state index contributed by atoms with van der Waals surface area (Å²) in [6, 6.07) is 3.70. The highest BCUT2D eigenvalue weighted by Crippen LogP contribution is 2.31. The molecule has 0 radical (unpaired) electrons. The summed E-state index contributed by atoms with van der Waals surface area (Å²) in [5.41, 5.74) is -0.402. The molecular formula is C12H13NO8. The molecule has 0 aliphatic rings. The second-order valence-electron chi connectivity index (χ2n) is 3.62. The first kappa shape index (κ1) is 16.2. The Bertz CT molecular complexity index is 542. The molecule has 0 fully saturated rings. The first-order valence-corrected chi connectivity index (χ1v) is 5.65. The Morgan fingerprint density at radius 1 is 1.10 bits per heavy atom. The smallest absolute Gasteiger partial charge is 0.343 e. The lowest BCUT2D eigenvalue weighted by Gasteiger charge is -2.08. The van der Waals surface area contributed by atoms with Crippen molar-refractivity contribution in [2.24, 2.45) is 0 Å². The van der Waals surface area contributed by atoms with Gasteiger partial charge in [0, 0.05) is 0 Å². The number of esters is 2. The van der Waals surface area contributed by atoms with Gasteiger partial charge in [0.15, 0.2) is 19.0 Å². The largest absolute Gasteiger partial charge is 0.482 e. The summed E-state index contributed by atoms with van der Waals surface area (Å²) in [6.45, 7) is -0.838. The Morgan fingerprint density at radius 2 is 1.67 bits per heavy atom.